The number of carbonyl (C=O) groups is 1. The summed E-state index contributed by atoms with van der Waals surface area (Å²) in [4.78, 5) is 11.3. The standard InChI is InChI=1S/C16H16ClNO2/c1-11(13-4-3-5-14(17)10-13)18-15-8-6-12(7-9-15)16(19)20-2/h3-11,18H,1-2H3. The lowest BCUT2D eigenvalue weighted by atomic mass is 10.1. The summed E-state index contributed by atoms with van der Waals surface area (Å²) in [6.07, 6.45) is 0. The molecule has 0 aromatic heterocycles. The van der Waals surface area contributed by atoms with Gasteiger partial charge in [-0.15, -0.1) is 0 Å². The summed E-state index contributed by atoms with van der Waals surface area (Å²) in [6.45, 7) is 2.06. The van der Waals surface area contributed by atoms with E-state index in [0.717, 1.165) is 16.3 Å². The molecule has 2 aromatic rings. The summed E-state index contributed by atoms with van der Waals surface area (Å²) in [5, 5.41) is 4.08. The molecule has 1 unspecified atom stereocenters. The minimum absolute atomic E-state index is 0.123. The van der Waals surface area contributed by atoms with Crippen LogP contribution in [0.5, 0.6) is 0 Å². The second-order valence-corrected chi connectivity index (χ2v) is 4.93. The van der Waals surface area contributed by atoms with Crippen LogP contribution in [0.15, 0.2) is 48.5 Å². The molecule has 0 aliphatic carbocycles. The van der Waals surface area contributed by atoms with Crippen LogP contribution in [0.25, 0.3) is 0 Å². The molecule has 0 heterocycles. The average molecular weight is 290 g/mol. The fourth-order valence-corrected chi connectivity index (χ4v) is 2.13. The van der Waals surface area contributed by atoms with Gasteiger partial charge in [0.25, 0.3) is 0 Å². The number of hydrogen-bond acceptors (Lipinski definition) is 3. The smallest absolute Gasteiger partial charge is 0.337 e. The number of ether oxygens (including phenoxy) is 1. The van der Waals surface area contributed by atoms with Crippen molar-refractivity contribution in [3.05, 3.63) is 64.7 Å². The Hall–Kier alpha value is -2.00. The second-order valence-electron chi connectivity index (χ2n) is 4.49. The van der Waals surface area contributed by atoms with Crippen LogP contribution < -0.4 is 5.32 Å². The summed E-state index contributed by atoms with van der Waals surface area (Å²) in [5.74, 6) is -0.334. The molecule has 0 amide bonds. The lowest BCUT2D eigenvalue weighted by Gasteiger charge is -2.16. The van der Waals surface area contributed by atoms with Crippen molar-refractivity contribution in [2.24, 2.45) is 0 Å². The van der Waals surface area contributed by atoms with Crippen molar-refractivity contribution in [1.82, 2.24) is 0 Å². The van der Waals surface area contributed by atoms with Gasteiger partial charge in [0.05, 0.1) is 12.7 Å². The van der Waals surface area contributed by atoms with Crippen LogP contribution in [0, 0.1) is 0 Å². The predicted octanol–water partition coefficient (Wildman–Crippen LogP) is 4.30. The Kier molecular flexibility index (Phi) is 4.64. The Morgan fingerprint density at radius 1 is 1.20 bits per heavy atom. The molecule has 0 saturated carbocycles. The highest BCUT2D eigenvalue weighted by molar-refractivity contribution is 6.30. The molecule has 0 saturated heterocycles. The Labute approximate surface area is 123 Å². The van der Waals surface area contributed by atoms with Gasteiger partial charge < -0.3 is 10.1 Å². The van der Waals surface area contributed by atoms with E-state index in [1.54, 1.807) is 12.1 Å². The number of anilines is 1. The number of nitrogens with one attached hydrogen (secondary N) is 1. The second kappa shape index (κ2) is 6.44. The van der Waals surface area contributed by atoms with Crippen LogP contribution >= 0.6 is 11.6 Å². The first-order chi connectivity index (χ1) is 9.60. The number of esters is 1. The molecule has 104 valence electrons. The van der Waals surface area contributed by atoms with Crippen LogP contribution in [-0.4, -0.2) is 13.1 Å². The highest BCUT2D eigenvalue weighted by Crippen LogP contribution is 2.22. The van der Waals surface area contributed by atoms with Gasteiger partial charge in [-0.3, -0.25) is 0 Å². The minimum atomic E-state index is -0.334. The zero-order chi connectivity index (χ0) is 14.5. The number of benzene rings is 2. The fraction of sp³-hybridized carbons (Fsp3) is 0.188. The van der Waals surface area contributed by atoms with E-state index in [0.29, 0.717) is 5.56 Å². The topological polar surface area (TPSA) is 38.3 Å². The van der Waals surface area contributed by atoms with E-state index in [9.17, 15) is 4.79 Å². The van der Waals surface area contributed by atoms with Crippen molar-refractivity contribution in [2.75, 3.05) is 12.4 Å². The van der Waals surface area contributed by atoms with Gasteiger partial charge in [0.15, 0.2) is 0 Å². The van der Waals surface area contributed by atoms with E-state index < -0.39 is 0 Å². The molecule has 2 aromatic carbocycles. The summed E-state index contributed by atoms with van der Waals surface area (Å²) < 4.78 is 4.67. The van der Waals surface area contributed by atoms with Crippen molar-refractivity contribution in [1.29, 1.82) is 0 Å². The zero-order valence-corrected chi connectivity index (χ0v) is 12.1. The molecule has 0 fully saturated rings. The maximum atomic E-state index is 11.3. The third kappa shape index (κ3) is 3.52. The molecule has 4 heteroatoms. The molecule has 0 spiro atoms. The van der Waals surface area contributed by atoms with Gasteiger partial charge in [-0.05, 0) is 48.9 Å². The van der Waals surface area contributed by atoms with E-state index in [1.807, 2.05) is 36.4 Å². The van der Waals surface area contributed by atoms with Gasteiger partial charge >= 0.3 is 5.97 Å². The molecule has 0 radical (unpaired) electrons. The van der Waals surface area contributed by atoms with Crippen LogP contribution in [-0.2, 0) is 4.74 Å². The van der Waals surface area contributed by atoms with Crippen LogP contribution in [0.4, 0.5) is 5.69 Å². The van der Waals surface area contributed by atoms with Gasteiger partial charge in [0, 0.05) is 16.8 Å². The lowest BCUT2D eigenvalue weighted by molar-refractivity contribution is 0.0601. The van der Waals surface area contributed by atoms with E-state index in [1.165, 1.54) is 7.11 Å². The minimum Gasteiger partial charge on any atom is -0.465 e. The molecular formula is C16H16ClNO2. The highest BCUT2D eigenvalue weighted by atomic mass is 35.5. The predicted molar refractivity (Wildman–Crippen MR) is 81.3 cm³/mol. The van der Waals surface area contributed by atoms with Crippen molar-refractivity contribution >= 4 is 23.3 Å². The van der Waals surface area contributed by atoms with Gasteiger partial charge in [0.2, 0.25) is 0 Å². The number of carbonyl (C=O) groups excluding carboxylic acids is 1. The van der Waals surface area contributed by atoms with Crippen molar-refractivity contribution in [3.63, 3.8) is 0 Å². The van der Waals surface area contributed by atoms with Crippen LogP contribution in [0.1, 0.15) is 28.9 Å². The van der Waals surface area contributed by atoms with E-state index >= 15 is 0 Å². The molecule has 3 nitrogen and oxygen atoms in total. The summed E-state index contributed by atoms with van der Waals surface area (Å²) in [5.41, 5.74) is 2.58. The summed E-state index contributed by atoms with van der Waals surface area (Å²) in [7, 11) is 1.37. The molecule has 1 N–H and O–H groups in total. The summed E-state index contributed by atoms with van der Waals surface area (Å²) >= 11 is 5.98. The maximum Gasteiger partial charge on any atom is 0.337 e. The first-order valence-corrected chi connectivity index (χ1v) is 6.68. The van der Waals surface area contributed by atoms with Gasteiger partial charge in [0.1, 0.15) is 0 Å². The summed E-state index contributed by atoms with van der Waals surface area (Å²) in [6, 6.07) is 15.0. The number of methoxy groups -OCH3 is 1. The molecule has 0 aliphatic rings. The molecule has 2 rings (SSSR count). The number of rotatable bonds is 4. The quantitative estimate of drug-likeness (QED) is 0.853. The zero-order valence-electron chi connectivity index (χ0n) is 11.4. The van der Waals surface area contributed by atoms with Crippen molar-refractivity contribution in [3.8, 4) is 0 Å². The monoisotopic (exact) mass is 289 g/mol. The molecule has 0 aliphatic heterocycles. The molecule has 20 heavy (non-hydrogen) atoms. The van der Waals surface area contributed by atoms with E-state index in [4.69, 9.17) is 11.6 Å². The van der Waals surface area contributed by atoms with E-state index in [-0.39, 0.29) is 12.0 Å². The van der Waals surface area contributed by atoms with Crippen molar-refractivity contribution < 1.29 is 9.53 Å². The van der Waals surface area contributed by atoms with Crippen LogP contribution in [0.3, 0.4) is 0 Å². The Balaban J connectivity index is 2.08. The maximum absolute atomic E-state index is 11.3. The van der Waals surface area contributed by atoms with Crippen LogP contribution in [0.2, 0.25) is 5.02 Å². The molecule has 1 atom stereocenters. The number of hydrogen-bond donors (Lipinski definition) is 1. The third-order valence-electron chi connectivity index (χ3n) is 3.04. The largest absolute Gasteiger partial charge is 0.465 e. The first-order valence-electron chi connectivity index (χ1n) is 6.30. The van der Waals surface area contributed by atoms with Gasteiger partial charge in [-0.2, -0.15) is 0 Å². The van der Waals surface area contributed by atoms with E-state index in [2.05, 4.69) is 17.0 Å². The normalized spacial score (nSPS) is 11.8. The lowest BCUT2D eigenvalue weighted by Crippen LogP contribution is -2.07. The number of halogens is 1. The van der Waals surface area contributed by atoms with Crippen molar-refractivity contribution in [2.45, 2.75) is 13.0 Å². The molecular weight excluding hydrogens is 274 g/mol. The SMILES string of the molecule is COC(=O)c1ccc(NC(C)c2cccc(Cl)c2)cc1. The third-order valence-corrected chi connectivity index (χ3v) is 3.27. The fourth-order valence-electron chi connectivity index (χ4n) is 1.93. The average Bonchev–Trinajstić information content (AvgIpc) is 2.47. The Morgan fingerprint density at radius 2 is 1.90 bits per heavy atom. The highest BCUT2D eigenvalue weighted by Gasteiger charge is 2.07. The Bertz CT molecular complexity index is 596. The first kappa shape index (κ1) is 14.4. The molecule has 0 bridgehead atoms. The van der Waals surface area contributed by atoms with Gasteiger partial charge in [-0.1, -0.05) is 23.7 Å². The van der Waals surface area contributed by atoms with Gasteiger partial charge in [-0.25, -0.2) is 4.79 Å². The Morgan fingerprint density at radius 3 is 2.50 bits per heavy atom.